The summed E-state index contributed by atoms with van der Waals surface area (Å²) in [5.74, 6) is -0.601. The Kier molecular flexibility index (Phi) is 8.28. The summed E-state index contributed by atoms with van der Waals surface area (Å²) in [6.07, 6.45) is -0.853. The number of thiocarbonyl (C=S) groups is 1. The van der Waals surface area contributed by atoms with E-state index in [1.165, 1.54) is 40.3 Å². The maximum absolute atomic E-state index is 12.9. The largest absolute Gasteiger partial charge is 0.416 e. The first kappa shape index (κ1) is 26.5. The predicted octanol–water partition coefficient (Wildman–Crippen LogP) is 6.75. The molecule has 1 aromatic heterocycles. The topological polar surface area (TPSA) is 62.3 Å². The van der Waals surface area contributed by atoms with E-state index in [1.807, 2.05) is 24.3 Å². The van der Waals surface area contributed by atoms with Crippen LogP contribution in [0.3, 0.4) is 0 Å². The first-order valence-electron chi connectivity index (χ1n) is 10.5. The van der Waals surface area contributed by atoms with Gasteiger partial charge in [0, 0.05) is 34.9 Å². The van der Waals surface area contributed by atoms with Crippen molar-refractivity contribution >= 4 is 78.6 Å². The van der Waals surface area contributed by atoms with Crippen molar-refractivity contribution in [2.75, 3.05) is 11.9 Å². The summed E-state index contributed by atoms with van der Waals surface area (Å²) in [6.45, 7) is 0.120. The molecule has 36 heavy (non-hydrogen) atoms. The zero-order valence-corrected chi connectivity index (χ0v) is 22.4. The van der Waals surface area contributed by atoms with E-state index >= 15 is 0 Å². The second kappa shape index (κ2) is 11.2. The number of nitrogens with zero attached hydrogens (tertiary/aromatic N) is 2. The molecule has 0 aliphatic carbocycles. The Morgan fingerprint density at radius 2 is 1.97 bits per heavy atom. The van der Waals surface area contributed by atoms with E-state index in [0.717, 1.165) is 22.2 Å². The average molecular weight is 613 g/mol. The van der Waals surface area contributed by atoms with Crippen LogP contribution in [0.25, 0.3) is 6.08 Å². The average Bonchev–Trinajstić information content (AvgIpc) is 3.35. The fourth-order valence-electron chi connectivity index (χ4n) is 3.34. The van der Waals surface area contributed by atoms with Crippen LogP contribution < -0.4 is 5.32 Å². The Morgan fingerprint density at radius 1 is 1.19 bits per heavy atom. The summed E-state index contributed by atoms with van der Waals surface area (Å²) < 4.78 is 40.0. The molecule has 4 rings (SSSR count). The molecule has 5 nitrogen and oxygen atoms in total. The summed E-state index contributed by atoms with van der Waals surface area (Å²) >= 11 is 11.1. The number of alkyl halides is 3. The quantitative estimate of drug-likeness (QED) is 0.237. The van der Waals surface area contributed by atoms with Crippen molar-refractivity contribution in [3.63, 3.8) is 0 Å². The van der Waals surface area contributed by atoms with Crippen LogP contribution in [-0.4, -0.2) is 32.6 Å². The molecule has 0 radical (unpaired) electrons. The first-order chi connectivity index (χ1) is 17.1. The van der Waals surface area contributed by atoms with Gasteiger partial charge < -0.3 is 5.32 Å². The number of nitrogens with one attached hydrogen (secondary N) is 1. The number of aromatic nitrogens is 1. The lowest BCUT2D eigenvalue weighted by Gasteiger charge is -2.13. The second-order valence-corrected chi connectivity index (χ2v) is 11.4. The molecule has 2 aromatic carbocycles. The molecule has 1 fully saturated rings. The van der Waals surface area contributed by atoms with E-state index in [-0.39, 0.29) is 31.2 Å². The molecule has 1 saturated heterocycles. The maximum Gasteiger partial charge on any atom is 0.416 e. The van der Waals surface area contributed by atoms with E-state index < -0.39 is 11.7 Å². The van der Waals surface area contributed by atoms with Crippen molar-refractivity contribution < 1.29 is 22.8 Å². The Morgan fingerprint density at radius 3 is 2.72 bits per heavy atom. The third-order valence-electron chi connectivity index (χ3n) is 5.02. The number of hydrogen-bond donors (Lipinski definition) is 1. The number of carbonyl (C=O) groups is 2. The lowest BCUT2D eigenvalue weighted by molar-refractivity contribution is -0.137. The van der Waals surface area contributed by atoms with Crippen LogP contribution >= 0.6 is 51.2 Å². The Balaban J connectivity index is 1.31. The van der Waals surface area contributed by atoms with Crippen molar-refractivity contribution in [2.45, 2.75) is 19.0 Å². The number of hydrogen-bond acceptors (Lipinski definition) is 6. The number of amides is 2. The van der Waals surface area contributed by atoms with Crippen LogP contribution in [0.1, 0.15) is 28.0 Å². The third-order valence-corrected chi connectivity index (χ3v) is 7.80. The lowest BCUT2D eigenvalue weighted by atomic mass is 10.1. The summed E-state index contributed by atoms with van der Waals surface area (Å²) in [7, 11) is 0. The van der Waals surface area contributed by atoms with Gasteiger partial charge in [0.2, 0.25) is 5.91 Å². The van der Waals surface area contributed by atoms with Crippen molar-refractivity contribution in [1.29, 1.82) is 0 Å². The van der Waals surface area contributed by atoms with Crippen LogP contribution in [0.2, 0.25) is 0 Å². The highest BCUT2D eigenvalue weighted by Crippen LogP contribution is 2.33. The fraction of sp³-hybridized carbons (Fsp3) is 0.167. The molecule has 0 spiro atoms. The van der Waals surface area contributed by atoms with Gasteiger partial charge in [-0.2, -0.15) is 13.2 Å². The molecule has 0 saturated carbocycles. The molecule has 0 unspecified atom stereocenters. The third kappa shape index (κ3) is 6.81. The van der Waals surface area contributed by atoms with Gasteiger partial charge in [-0.1, -0.05) is 70.2 Å². The van der Waals surface area contributed by atoms with Crippen molar-refractivity contribution in [3.05, 3.63) is 85.7 Å². The van der Waals surface area contributed by atoms with Gasteiger partial charge >= 0.3 is 6.18 Å². The molecule has 1 aliphatic rings. The van der Waals surface area contributed by atoms with E-state index in [1.54, 1.807) is 12.1 Å². The zero-order valence-electron chi connectivity index (χ0n) is 18.3. The van der Waals surface area contributed by atoms with Crippen molar-refractivity contribution in [2.24, 2.45) is 0 Å². The van der Waals surface area contributed by atoms with Crippen LogP contribution in [0.15, 0.2) is 64.1 Å². The minimum atomic E-state index is -4.41. The number of halogens is 4. The van der Waals surface area contributed by atoms with E-state index in [4.69, 9.17) is 12.2 Å². The van der Waals surface area contributed by atoms with Gasteiger partial charge in [0.1, 0.15) is 4.32 Å². The fourth-order valence-corrected chi connectivity index (χ4v) is 5.93. The highest BCUT2D eigenvalue weighted by molar-refractivity contribution is 9.10. The molecular formula is C24H17BrF3N3O2S3. The van der Waals surface area contributed by atoms with Gasteiger partial charge in [-0.25, -0.2) is 4.98 Å². The maximum atomic E-state index is 12.9. The first-order valence-corrected chi connectivity index (χ1v) is 13.3. The number of thioether (sulfide) groups is 1. The minimum absolute atomic E-state index is 0.0130. The Bertz CT molecular complexity index is 1360. The van der Waals surface area contributed by atoms with Gasteiger partial charge in [-0.3, -0.25) is 14.5 Å². The van der Waals surface area contributed by atoms with Crippen LogP contribution in [0.5, 0.6) is 0 Å². The van der Waals surface area contributed by atoms with Crippen LogP contribution in [-0.2, 0) is 22.2 Å². The molecule has 0 atom stereocenters. The van der Waals surface area contributed by atoms with Gasteiger partial charge in [-0.05, 0) is 35.4 Å². The highest BCUT2D eigenvalue weighted by Gasteiger charge is 2.32. The Hall–Kier alpha value is -2.54. The number of rotatable bonds is 7. The van der Waals surface area contributed by atoms with Crippen molar-refractivity contribution in [1.82, 2.24) is 9.88 Å². The summed E-state index contributed by atoms with van der Waals surface area (Å²) in [5.41, 5.74) is 0.643. The molecule has 3 aromatic rings. The smallest absolute Gasteiger partial charge is 0.302 e. The zero-order chi connectivity index (χ0) is 25.9. The molecule has 1 aliphatic heterocycles. The van der Waals surface area contributed by atoms with E-state index in [2.05, 4.69) is 26.2 Å². The van der Waals surface area contributed by atoms with Gasteiger partial charge in [0.15, 0.2) is 5.13 Å². The molecule has 12 heteroatoms. The van der Waals surface area contributed by atoms with Crippen molar-refractivity contribution in [3.8, 4) is 0 Å². The number of carbonyl (C=O) groups excluding carboxylic acids is 2. The summed E-state index contributed by atoms with van der Waals surface area (Å²) in [6, 6.07) is 12.6. The predicted molar refractivity (Wildman–Crippen MR) is 144 cm³/mol. The molecule has 186 valence electrons. The molecule has 2 heterocycles. The molecule has 1 N–H and O–H groups in total. The van der Waals surface area contributed by atoms with E-state index in [0.29, 0.717) is 24.8 Å². The normalized spacial score (nSPS) is 15.1. The van der Waals surface area contributed by atoms with Gasteiger partial charge in [-0.15, -0.1) is 11.3 Å². The minimum Gasteiger partial charge on any atom is -0.302 e. The second-order valence-electron chi connectivity index (χ2n) is 7.69. The SMILES string of the molecule is O=C(CCN1C(=O)/C(=C/c2cccc(Br)c2)SC1=S)Nc1ncc(Cc2cccc(C(F)(F)F)c2)s1. The molecule has 0 bridgehead atoms. The molecule has 2 amide bonds. The summed E-state index contributed by atoms with van der Waals surface area (Å²) in [5, 5.41) is 3.01. The lowest BCUT2D eigenvalue weighted by Crippen LogP contribution is -2.31. The number of thiazole rings is 1. The van der Waals surface area contributed by atoms with E-state index in [9.17, 15) is 22.8 Å². The van der Waals surface area contributed by atoms with Crippen LogP contribution in [0, 0.1) is 0 Å². The molecular weight excluding hydrogens is 595 g/mol. The number of benzene rings is 2. The Labute approximate surface area is 226 Å². The summed E-state index contributed by atoms with van der Waals surface area (Å²) in [4.78, 5) is 31.9. The van der Waals surface area contributed by atoms with Gasteiger partial charge in [0.05, 0.1) is 10.5 Å². The van der Waals surface area contributed by atoms with Gasteiger partial charge in [0.25, 0.3) is 5.91 Å². The highest BCUT2D eigenvalue weighted by atomic mass is 79.9. The standard InChI is InChI=1S/C24H17BrF3N3O2S3/c25-17-6-2-4-15(10-17)12-19-21(33)31(23(34)36-19)8-7-20(32)30-22-29-13-18(35-22)11-14-3-1-5-16(9-14)24(26,27)28/h1-6,9-10,12-13H,7-8,11H2,(H,29,30,32)/b19-12-. The van der Waals surface area contributed by atoms with Crippen LogP contribution in [0.4, 0.5) is 18.3 Å². The monoisotopic (exact) mass is 611 g/mol. The number of anilines is 1.